The SMILES string of the molecule is c1ccc(-c2cc(-c3ccccc3)c(-c3cc4c5c(c3)-c3cc6c(c7ccc8c(c37)B5c3c(ccc5c7c(cc-4c35)C3CC4CC(C3)CC7C4)N8c3c(-c4ccccc4)cc(-c4ccccc4)cc3-c3ccccc3)C3CC4CC(CC6C4)C3)c(-c3ccccc3)c2)cc1. The molecule has 3 aliphatic heterocycles. The molecule has 3 heterocycles. The minimum Gasteiger partial charge on any atom is -0.310 e. The van der Waals surface area contributed by atoms with E-state index in [1.165, 1.54) is 219 Å². The first-order valence-electron chi connectivity index (χ1n) is 35.5. The van der Waals surface area contributed by atoms with Crippen molar-refractivity contribution >= 4 is 61.7 Å². The molecule has 94 heavy (non-hydrogen) atoms. The molecule has 0 amide bonds. The summed E-state index contributed by atoms with van der Waals surface area (Å²) in [5.41, 5.74) is 38.6. The van der Waals surface area contributed by atoms with Gasteiger partial charge >= 0.3 is 0 Å². The Morgan fingerprint density at radius 1 is 0.255 bits per heavy atom. The van der Waals surface area contributed by atoms with Crippen molar-refractivity contribution < 1.29 is 0 Å². The van der Waals surface area contributed by atoms with Gasteiger partial charge in [-0.25, -0.2) is 0 Å². The highest BCUT2D eigenvalue weighted by Gasteiger charge is 2.51. The van der Waals surface area contributed by atoms with Gasteiger partial charge in [-0.05, 0) is 316 Å². The van der Waals surface area contributed by atoms with Gasteiger partial charge in [-0.15, -0.1) is 0 Å². The van der Waals surface area contributed by atoms with Gasteiger partial charge in [0.05, 0.1) is 5.69 Å². The van der Waals surface area contributed by atoms with Gasteiger partial charge in [-0.3, -0.25) is 0 Å². The van der Waals surface area contributed by atoms with Crippen LogP contribution in [0.2, 0.25) is 0 Å². The Balaban J connectivity index is 0.917. The number of hydrogen-bond acceptors (Lipinski definition) is 1. The molecule has 4 unspecified atom stereocenters. The molecule has 1 nitrogen and oxygen atoms in total. The van der Waals surface area contributed by atoms with Gasteiger partial charge in [0.2, 0.25) is 6.71 Å². The molecule has 8 aliphatic carbocycles. The third kappa shape index (κ3) is 7.54. The molecule has 8 bridgehead atoms. The van der Waals surface area contributed by atoms with Crippen LogP contribution in [0.4, 0.5) is 17.1 Å². The molecule has 0 aromatic heterocycles. The first-order chi connectivity index (χ1) is 46.6. The zero-order chi connectivity index (χ0) is 61.0. The summed E-state index contributed by atoms with van der Waals surface area (Å²) < 4.78 is 0. The van der Waals surface area contributed by atoms with Gasteiger partial charge in [0.15, 0.2) is 0 Å². The van der Waals surface area contributed by atoms with E-state index in [-0.39, 0.29) is 6.71 Å². The topological polar surface area (TPSA) is 3.24 Å². The molecule has 13 aromatic rings. The van der Waals surface area contributed by atoms with Crippen LogP contribution in [0, 0.1) is 23.7 Å². The van der Waals surface area contributed by atoms with E-state index in [1.54, 1.807) is 22.3 Å². The first kappa shape index (κ1) is 52.7. The summed E-state index contributed by atoms with van der Waals surface area (Å²) in [6.45, 7) is 0.0208. The maximum absolute atomic E-state index is 2.86. The molecule has 446 valence electrons. The maximum atomic E-state index is 2.86. The predicted molar refractivity (Wildman–Crippen MR) is 394 cm³/mol. The fourth-order valence-electron chi connectivity index (χ4n) is 22.0. The van der Waals surface area contributed by atoms with Gasteiger partial charge in [-0.2, -0.15) is 0 Å². The normalized spacial score (nSPS) is 22.2. The predicted octanol–water partition coefficient (Wildman–Crippen LogP) is 22.7. The van der Waals surface area contributed by atoms with Crippen LogP contribution in [0.1, 0.15) is 110 Å². The Bertz CT molecular complexity index is 5050. The van der Waals surface area contributed by atoms with Crippen LogP contribution in [0.5, 0.6) is 0 Å². The fraction of sp³-hybridized carbons (Fsp3) is 0.196. The van der Waals surface area contributed by atoms with Gasteiger partial charge < -0.3 is 4.90 Å². The number of hydrogen-bond donors (Lipinski definition) is 0. The van der Waals surface area contributed by atoms with Crippen LogP contribution < -0.4 is 21.3 Å². The van der Waals surface area contributed by atoms with E-state index in [2.05, 4.69) is 260 Å². The maximum Gasteiger partial charge on any atom is 0.249 e. The lowest BCUT2D eigenvalue weighted by Crippen LogP contribution is -2.61. The number of rotatable bonds is 8. The van der Waals surface area contributed by atoms with Gasteiger partial charge in [0.1, 0.15) is 0 Å². The fourth-order valence-corrected chi connectivity index (χ4v) is 22.0. The number of anilines is 3. The summed E-state index contributed by atoms with van der Waals surface area (Å²) in [5, 5.41) is 6.08. The monoisotopic (exact) mass is 1200 g/mol. The summed E-state index contributed by atoms with van der Waals surface area (Å²) in [6.07, 6.45) is 13.5. The van der Waals surface area contributed by atoms with E-state index in [0.29, 0.717) is 23.7 Å². The third-order valence-electron chi connectivity index (χ3n) is 25.2. The molecule has 2 heteroatoms. The molecule has 4 fully saturated rings. The average Bonchev–Trinajstić information content (AvgIpc) is 0.820. The Kier molecular flexibility index (Phi) is 11.2. The van der Waals surface area contributed by atoms with Crippen LogP contribution in [0.3, 0.4) is 0 Å². The molecule has 0 N–H and O–H groups in total. The highest BCUT2D eigenvalue weighted by atomic mass is 15.2. The van der Waals surface area contributed by atoms with Gasteiger partial charge in [0.25, 0.3) is 0 Å². The van der Waals surface area contributed by atoms with Crippen molar-refractivity contribution in [3.63, 3.8) is 0 Å². The first-order valence-corrected chi connectivity index (χ1v) is 35.5. The van der Waals surface area contributed by atoms with Crippen molar-refractivity contribution in [2.75, 3.05) is 4.90 Å². The second-order valence-electron chi connectivity index (χ2n) is 30.1. The summed E-state index contributed by atoms with van der Waals surface area (Å²) in [7, 11) is 0. The summed E-state index contributed by atoms with van der Waals surface area (Å²) in [6, 6.07) is 99.7. The highest BCUT2D eigenvalue weighted by Crippen LogP contribution is 2.63. The van der Waals surface area contributed by atoms with Crippen LogP contribution >= 0.6 is 0 Å². The Morgan fingerprint density at radius 2 is 0.585 bits per heavy atom. The molecule has 0 radical (unpaired) electrons. The van der Waals surface area contributed by atoms with Crippen LogP contribution in [0.15, 0.2) is 255 Å². The van der Waals surface area contributed by atoms with Crippen molar-refractivity contribution in [2.24, 2.45) is 23.7 Å². The zero-order valence-electron chi connectivity index (χ0n) is 53.0. The van der Waals surface area contributed by atoms with E-state index in [1.807, 2.05) is 0 Å². The summed E-state index contributed by atoms with van der Waals surface area (Å²) >= 11 is 0. The molecular formula is C92H70BN. The van der Waals surface area contributed by atoms with Crippen LogP contribution in [-0.4, -0.2) is 6.71 Å². The molecule has 11 aliphatic rings. The minimum absolute atomic E-state index is 0.0208. The number of benzene rings is 13. The third-order valence-corrected chi connectivity index (χ3v) is 25.2. The van der Waals surface area contributed by atoms with Crippen molar-refractivity contribution in [3.8, 4) is 100 Å². The number of nitrogens with zero attached hydrogens (tertiary/aromatic N) is 1. The molecular weight excluding hydrogens is 1130 g/mol. The van der Waals surface area contributed by atoms with E-state index < -0.39 is 0 Å². The van der Waals surface area contributed by atoms with Crippen LogP contribution in [0.25, 0.3) is 122 Å². The molecule has 0 spiro atoms. The highest BCUT2D eigenvalue weighted by molar-refractivity contribution is 7.03. The Hall–Kier alpha value is -9.76. The van der Waals surface area contributed by atoms with E-state index in [9.17, 15) is 0 Å². The quantitative estimate of drug-likeness (QED) is 0.137. The summed E-state index contributed by atoms with van der Waals surface area (Å²) in [5.74, 6) is 5.56. The van der Waals surface area contributed by atoms with Crippen molar-refractivity contribution in [1.82, 2.24) is 0 Å². The minimum atomic E-state index is 0.0208. The average molecular weight is 1200 g/mol. The second-order valence-corrected chi connectivity index (χ2v) is 30.1. The smallest absolute Gasteiger partial charge is 0.249 e. The molecule has 13 aromatic carbocycles. The second kappa shape index (κ2) is 19.9. The molecule has 24 rings (SSSR count). The lowest BCUT2D eigenvalue weighted by atomic mass is 9.29. The van der Waals surface area contributed by atoms with E-state index in [0.717, 1.165) is 23.7 Å². The Labute approximate surface area is 551 Å². The largest absolute Gasteiger partial charge is 0.310 e. The molecule has 4 atom stereocenters. The molecule has 4 saturated carbocycles. The van der Waals surface area contributed by atoms with E-state index in [4.69, 9.17) is 0 Å². The zero-order valence-corrected chi connectivity index (χ0v) is 53.0. The molecule has 0 saturated heterocycles. The van der Waals surface area contributed by atoms with Crippen molar-refractivity contribution in [3.05, 3.63) is 277 Å². The van der Waals surface area contributed by atoms with E-state index >= 15 is 0 Å². The lowest BCUT2D eigenvalue weighted by molar-refractivity contribution is 0.166. The van der Waals surface area contributed by atoms with Gasteiger partial charge in [-0.1, -0.05) is 200 Å². The Morgan fingerprint density at radius 3 is 0.968 bits per heavy atom. The van der Waals surface area contributed by atoms with Crippen molar-refractivity contribution in [1.29, 1.82) is 0 Å². The lowest BCUT2D eigenvalue weighted by Gasteiger charge is -2.45. The van der Waals surface area contributed by atoms with Gasteiger partial charge in [0, 0.05) is 22.5 Å². The van der Waals surface area contributed by atoms with Crippen molar-refractivity contribution in [2.45, 2.75) is 87.9 Å². The standard InChI is InChI=1S/C92H70BN/c1-7-19-57(20-8-1)63-45-72(59-23-11-3-12-24-59)86(73(46-63)60-25-13-4-14-26-60)69-49-80-78-51-74-65-37-53-35-54(38-65)42-67(41-53)84(74)70-31-33-82-90(87(70)78)93-89(80)81(50-69)79-52-75-66-39-55-36-56(40-66)44-68(43-55)85(75)71-32-34-83(91(93)88(71)79)94(82)92-76(61-27-15-5-16-28-61)47-64(58-21-9-2-10-22-58)48-77(92)62-29-17-6-18-30-62/h1-34,45-56,65-68H,35-44H2. The summed E-state index contributed by atoms with van der Waals surface area (Å²) in [4.78, 5) is 2.84. The number of fused-ring (bicyclic) bond motifs is 2. The van der Waals surface area contributed by atoms with Crippen LogP contribution in [-0.2, 0) is 0 Å².